The molecule has 0 saturated heterocycles. The van der Waals surface area contributed by atoms with E-state index >= 15 is 0 Å². The van der Waals surface area contributed by atoms with Crippen LogP contribution < -0.4 is 0 Å². The second-order valence-corrected chi connectivity index (χ2v) is 3.48. The predicted molar refractivity (Wildman–Crippen MR) is 67.0 cm³/mol. The van der Waals surface area contributed by atoms with Gasteiger partial charge in [-0.2, -0.15) is 0 Å². The van der Waals surface area contributed by atoms with Crippen LogP contribution in [0, 0.1) is 0 Å². The van der Waals surface area contributed by atoms with Gasteiger partial charge in [-0.05, 0) is 19.8 Å². The lowest BCUT2D eigenvalue weighted by molar-refractivity contribution is -0.140. The molecule has 0 aliphatic rings. The second-order valence-electron chi connectivity index (χ2n) is 3.48. The summed E-state index contributed by atoms with van der Waals surface area (Å²) >= 11 is 0. The monoisotopic (exact) mass is 223 g/mol. The van der Waals surface area contributed by atoms with Gasteiger partial charge in [-0.3, -0.25) is 0 Å². The molecule has 3 heteroatoms. The van der Waals surface area contributed by atoms with E-state index in [1.165, 1.54) is 0 Å². The highest BCUT2D eigenvalue weighted by Crippen LogP contribution is 2.14. The third kappa shape index (κ3) is 4.34. The zero-order valence-electron chi connectivity index (χ0n) is 10.2. The van der Waals surface area contributed by atoms with Crippen molar-refractivity contribution in [2.75, 3.05) is 13.7 Å². The highest BCUT2D eigenvalue weighted by atomic mass is 16.5. The number of carbonyl (C=O) groups excluding carboxylic acids is 1. The Labute approximate surface area is 98.1 Å². The Bertz CT molecular complexity index is 261. The maximum atomic E-state index is 11.5. The third-order valence-electron chi connectivity index (χ3n) is 2.36. The van der Waals surface area contributed by atoms with E-state index in [1.807, 2.05) is 24.1 Å². The average molecular weight is 223 g/mol. The van der Waals surface area contributed by atoms with Crippen molar-refractivity contribution in [2.45, 2.75) is 25.8 Å². The lowest BCUT2D eigenvalue weighted by Gasteiger charge is -2.28. The molecular weight excluding hydrogens is 202 g/mol. The van der Waals surface area contributed by atoms with Crippen molar-refractivity contribution in [2.24, 2.45) is 0 Å². The number of likely N-dealkylation sites (N-methyl/N-ethyl adjacent to an activating group) is 1. The minimum atomic E-state index is -0.372. The fourth-order valence-corrected chi connectivity index (χ4v) is 1.38. The maximum absolute atomic E-state index is 11.5. The van der Waals surface area contributed by atoms with Gasteiger partial charge in [-0.1, -0.05) is 18.7 Å². The summed E-state index contributed by atoms with van der Waals surface area (Å²) in [6, 6.07) is 0.159. The minimum Gasteiger partial charge on any atom is -0.461 e. The van der Waals surface area contributed by atoms with Crippen LogP contribution in [0.3, 0.4) is 0 Å². The van der Waals surface area contributed by atoms with Crippen LogP contribution in [-0.2, 0) is 9.53 Å². The molecule has 0 amide bonds. The van der Waals surface area contributed by atoms with E-state index in [1.54, 1.807) is 6.92 Å². The van der Waals surface area contributed by atoms with Gasteiger partial charge in [0.2, 0.25) is 0 Å². The molecule has 0 N–H and O–H groups in total. The van der Waals surface area contributed by atoms with Crippen LogP contribution in [0.5, 0.6) is 0 Å². The van der Waals surface area contributed by atoms with Crippen molar-refractivity contribution in [1.82, 2.24) is 4.90 Å². The van der Waals surface area contributed by atoms with Gasteiger partial charge >= 0.3 is 5.97 Å². The maximum Gasteiger partial charge on any atom is 0.353 e. The number of hydrogen-bond donors (Lipinski definition) is 0. The van der Waals surface area contributed by atoms with Crippen LogP contribution in [0.25, 0.3) is 0 Å². The van der Waals surface area contributed by atoms with Gasteiger partial charge in [0.05, 0.1) is 6.61 Å². The number of nitrogens with zero attached hydrogens (tertiary/aromatic N) is 1. The topological polar surface area (TPSA) is 29.5 Å². The third-order valence-corrected chi connectivity index (χ3v) is 2.36. The van der Waals surface area contributed by atoms with Crippen LogP contribution >= 0.6 is 0 Å². The molecule has 0 fully saturated rings. The summed E-state index contributed by atoms with van der Waals surface area (Å²) in [5.41, 5.74) is 0.371. The van der Waals surface area contributed by atoms with E-state index < -0.39 is 0 Å². The molecule has 0 aromatic heterocycles. The molecule has 16 heavy (non-hydrogen) atoms. The number of ether oxygens (including phenoxy) is 1. The Morgan fingerprint density at radius 1 is 1.38 bits per heavy atom. The molecule has 0 rings (SSSR count). The summed E-state index contributed by atoms with van der Waals surface area (Å²) in [7, 11) is 1.83. The van der Waals surface area contributed by atoms with E-state index in [0.29, 0.717) is 12.3 Å². The van der Waals surface area contributed by atoms with Crippen LogP contribution in [0.1, 0.15) is 19.8 Å². The first-order valence-corrected chi connectivity index (χ1v) is 5.39. The molecule has 0 atom stereocenters. The molecule has 0 aliphatic carbocycles. The minimum absolute atomic E-state index is 0.159. The molecule has 0 aliphatic heterocycles. The molecule has 0 heterocycles. The Hall–Kier alpha value is -1.51. The van der Waals surface area contributed by atoms with E-state index in [9.17, 15) is 4.79 Å². The summed E-state index contributed by atoms with van der Waals surface area (Å²) in [6.07, 6.45) is 5.20. The molecule has 0 bridgehead atoms. The SMILES string of the molecule is C=CCC(CC=C)N(C)C(=C)C(=O)OCC. The smallest absolute Gasteiger partial charge is 0.353 e. The standard InChI is InChI=1S/C13H21NO2/c1-6-9-12(10-7-2)14(5)11(4)13(15)16-8-3/h6-7,12H,1-2,4,8-10H2,3,5H3. The first-order chi connectivity index (χ1) is 7.58. The van der Waals surface area contributed by atoms with E-state index in [4.69, 9.17) is 4.74 Å². The van der Waals surface area contributed by atoms with Crippen LogP contribution in [0.4, 0.5) is 0 Å². The first-order valence-electron chi connectivity index (χ1n) is 5.39. The largest absolute Gasteiger partial charge is 0.461 e. The molecular formula is C13H21NO2. The summed E-state index contributed by atoms with van der Waals surface area (Å²) in [4.78, 5) is 13.3. The lowest BCUT2D eigenvalue weighted by Crippen LogP contribution is -2.33. The van der Waals surface area contributed by atoms with Crippen molar-refractivity contribution in [3.8, 4) is 0 Å². The fourth-order valence-electron chi connectivity index (χ4n) is 1.38. The Balaban J connectivity index is 4.51. The molecule has 0 aromatic rings. The van der Waals surface area contributed by atoms with Gasteiger partial charge in [-0.25, -0.2) is 4.79 Å². The number of carbonyl (C=O) groups is 1. The highest BCUT2D eigenvalue weighted by molar-refractivity contribution is 5.87. The Morgan fingerprint density at radius 3 is 2.25 bits per heavy atom. The summed E-state index contributed by atoms with van der Waals surface area (Å²) < 4.78 is 4.90. The normalized spacial score (nSPS) is 9.69. The molecule has 90 valence electrons. The molecule has 0 saturated carbocycles. The Kier molecular flexibility index (Phi) is 7.01. The van der Waals surface area contributed by atoms with Gasteiger partial charge < -0.3 is 9.64 Å². The van der Waals surface area contributed by atoms with Crippen LogP contribution in [0.15, 0.2) is 37.6 Å². The van der Waals surface area contributed by atoms with Gasteiger partial charge in [-0.15, -0.1) is 13.2 Å². The second kappa shape index (κ2) is 7.74. The fraction of sp³-hybridized carbons (Fsp3) is 0.462. The van der Waals surface area contributed by atoms with E-state index in [2.05, 4.69) is 19.7 Å². The molecule has 0 unspecified atom stereocenters. The van der Waals surface area contributed by atoms with Crippen molar-refractivity contribution >= 4 is 5.97 Å². The van der Waals surface area contributed by atoms with Gasteiger partial charge in [0.1, 0.15) is 5.70 Å². The van der Waals surface area contributed by atoms with Gasteiger partial charge in [0, 0.05) is 13.1 Å². The summed E-state index contributed by atoms with van der Waals surface area (Å²) in [5, 5.41) is 0. The molecule has 0 spiro atoms. The van der Waals surface area contributed by atoms with E-state index in [0.717, 1.165) is 12.8 Å². The van der Waals surface area contributed by atoms with Crippen molar-refractivity contribution in [1.29, 1.82) is 0 Å². The number of rotatable bonds is 8. The Morgan fingerprint density at radius 2 is 1.88 bits per heavy atom. The van der Waals surface area contributed by atoms with Crippen molar-refractivity contribution in [3.63, 3.8) is 0 Å². The van der Waals surface area contributed by atoms with E-state index in [-0.39, 0.29) is 12.0 Å². The first kappa shape index (κ1) is 14.5. The van der Waals surface area contributed by atoms with Crippen molar-refractivity contribution in [3.05, 3.63) is 37.6 Å². The lowest BCUT2D eigenvalue weighted by atomic mass is 10.1. The molecule has 0 radical (unpaired) electrons. The molecule has 0 aromatic carbocycles. The van der Waals surface area contributed by atoms with Crippen molar-refractivity contribution < 1.29 is 9.53 Å². The summed E-state index contributed by atoms with van der Waals surface area (Å²) in [6.45, 7) is 13.3. The summed E-state index contributed by atoms with van der Waals surface area (Å²) in [5.74, 6) is -0.372. The number of esters is 1. The zero-order chi connectivity index (χ0) is 12.6. The van der Waals surface area contributed by atoms with Gasteiger partial charge in [0.25, 0.3) is 0 Å². The number of hydrogen-bond acceptors (Lipinski definition) is 3. The quantitative estimate of drug-likeness (QED) is 0.360. The average Bonchev–Trinajstić information content (AvgIpc) is 2.27. The van der Waals surface area contributed by atoms with Gasteiger partial charge in [0.15, 0.2) is 0 Å². The van der Waals surface area contributed by atoms with Crippen LogP contribution in [-0.4, -0.2) is 30.6 Å². The predicted octanol–water partition coefficient (Wildman–Crippen LogP) is 2.52. The molecule has 3 nitrogen and oxygen atoms in total. The highest BCUT2D eigenvalue weighted by Gasteiger charge is 2.19. The van der Waals surface area contributed by atoms with Crippen LogP contribution in [0.2, 0.25) is 0 Å². The zero-order valence-corrected chi connectivity index (χ0v) is 10.2.